The summed E-state index contributed by atoms with van der Waals surface area (Å²) in [5.74, 6) is -3.86. The zero-order chi connectivity index (χ0) is 83.7. The zero-order valence-corrected chi connectivity index (χ0v) is 69.4. The van der Waals surface area contributed by atoms with Gasteiger partial charge in [0.1, 0.15) is 18.1 Å². The van der Waals surface area contributed by atoms with E-state index in [0.717, 1.165) is 78.1 Å². The molecule has 0 heterocycles. The SMILES string of the molecule is CCCNC(=O)Sc1ccccc1C(=O)NCCC(N)=O.CCCNC(=O)Sc1ccccc1C(=O)N[C@@H](C)C(N)=O.CCCNC(=O)Sc1ccccc1C(=O)N[C@H](C)C(N)=O.C[C@@H](NC(=O)c1ccccc1SC(=O)NCCBr)C(N)=O.NS(=O)(=O)c1ccc(CNC(=O)c2ccccc2SC(=O)NCCCCl)cc1. The number of sulfonamides is 1. The van der Waals surface area contributed by atoms with Gasteiger partial charge in [0, 0.05) is 87.9 Å². The summed E-state index contributed by atoms with van der Waals surface area (Å²) < 4.78 is 22.5. The monoisotopic (exact) mass is 1740 g/mol. The van der Waals surface area contributed by atoms with Gasteiger partial charge in [-0.3, -0.25) is 67.1 Å². The number of thioether (sulfide) groups is 5. The molecule has 0 radical (unpaired) electrons. The van der Waals surface area contributed by atoms with Crippen LogP contribution in [0.25, 0.3) is 0 Å². The van der Waals surface area contributed by atoms with Crippen LogP contribution in [-0.2, 0) is 35.7 Å². The number of nitrogens with two attached hydrogens (primary N) is 5. The van der Waals surface area contributed by atoms with E-state index in [9.17, 15) is 75.5 Å². The van der Waals surface area contributed by atoms with Gasteiger partial charge in [0.2, 0.25) is 33.7 Å². The van der Waals surface area contributed by atoms with E-state index in [1.807, 2.05) is 20.8 Å². The summed E-state index contributed by atoms with van der Waals surface area (Å²) >= 11 is 13.5. The van der Waals surface area contributed by atoms with Crippen LogP contribution >= 0.6 is 86.3 Å². The second-order valence-electron chi connectivity index (χ2n) is 22.9. The molecule has 112 heavy (non-hydrogen) atoms. The first kappa shape index (κ1) is 98.4. The Balaban J connectivity index is 0.000000478. The molecule has 0 saturated carbocycles. The van der Waals surface area contributed by atoms with Crippen LogP contribution in [-0.4, -0.2) is 156 Å². The molecule has 31 nitrogen and oxygen atoms in total. The van der Waals surface area contributed by atoms with Crippen molar-refractivity contribution in [1.29, 1.82) is 0 Å². The maximum Gasteiger partial charge on any atom is 0.283 e. The standard InChI is InChI=1S/C18H20ClN3O4S2.3C14H19N3O3S.C13H16BrN3O3S/c19-10-3-11-21-18(24)27-16-5-2-1-4-15(16)17(23)22-12-13-6-8-14(9-7-13)28(20,25)26;2*1-3-8-16-14(20)21-11-7-5-4-6-10(11)13(19)17-9(2)12(15)18;1-2-8-17-14(20)21-11-6-4-3-5-10(11)13(19)16-9-7-12(15)18;1-8(11(15)18)17-12(19)9-4-2-3-5-10(9)21-13(20)16-7-6-14/h1-2,4-9H,3,10-12H2,(H,21,24)(H,22,23)(H2,20,25,26);2*4-7,9H,3,8H2,1-2H3,(H2,15,18)(H,16,20)(H,17,19);3-6H,2,7-9H2,1H3,(H2,15,18)(H,16,19)(H,17,20);2-5,8H,6-7H2,1H3,(H2,15,18)(H,16,20)(H,17,19)/t;2*9-;;8-/m.10.1/s1. The lowest BCUT2D eigenvalue weighted by Crippen LogP contribution is -2.42. The number of rotatable bonds is 33. The zero-order valence-electron chi connectivity index (χ0n) is 62.1. The molecule has 0 bridgehead atoms. The van der Waals surface area contributed by atoms with Gasteiger partial charge < -0.3 is 76.1 Å². The van der Waals surface area contributed by atoms with E-state index in [2.05, 4.69) is 69.1 Å². The average Bonchev–Trinajstić information content (AvgIpc) is 0.873. The average molecular weight is 1740 g/mol. The largest absolute Gasteiger partial charge is 0.370 e. The van der Waals surface area contributed by atoms with E-state index in [1.165, 1.54) is 32.9 Å². The topological polar surface area (TPSA) is 524 Å². The molecule has 0 aliphatic carbocycles. The van der Waals surface area contributed by atoms with E-state index < -0.39 is 69.5 Å². The predicted molar refractivity (Wildman–Crippen MR) is 442 cm³/mol. The van der Waals surface area contributed by atoms with Crippen molar-refractivity contribution >= 4 is 176 Å². The molecule has 0 aliphatic rings. The van der Waals surface area contributed by atoms with Gasteiger partial charge in [0.25, 0.3) is 55.7 Å². The van der Waals surface area contributed by atoms with Crippen LogP contribution in [0, 0.1) is 0 Å². The van der Waals surface area contributed by atoms with Crippen LogP contribution in [0.1, 0.15) is 131 Å². The van der Waals surface area contributed by atoms with Gasteiger partial charge in [0.05, 0.1) is 32.7 Å². The summed E-state index contributed by atoms with van der Waals surface area (Å²) in [7, 11) is -3.75. The number of halogens is 2. The molecule has 0 unspecified atom stereocenters. The molecule has 6 rings (SSSR count). The maximum absolute atomic E-state index is 12.5. The highest BCUT2D eigenvalue weighted by molar-refractivity contribution is 9.09. The van der Waals surface area contributed by atoms with Crippen molar-refractivity contribution in [1.82, 2.24) is 53.2 Å². The van der Waals surface area contributed by atoms with Crippen molar-refractivity contribution in [3.8, 4) is 0 Å². The van der Waals surface area contributed by atoms with Gasteiger partial charge in [-0.05, 0) is 184 Å². The third-order valence-corrected chi connectivity index (χ3v) is 20.0. The lowest BCUT2D eigenvalue weighted by atomic mass is 10.2. The number of hydrogen-bond acceptors (Lipinski definition) is 21. The highest BCUT2D eigenvalue weighted by Crippen LogP contribution is 2.28. The molecule has 39 heteroatoms. The van der Waals surface area contributed by atoms with E-state index in [0.29, 0.717) is 108 Å². The Hall–Kier alpha value is -9.67. The molecule has 3 atom stereocenters. The highest BCUT2D eigenvalue weighted by atomic mass is 79.9. The minimum Gasteiger partial charge on any atom is -0.370 e. The Labute approximate surface area is 684 Å². The molecule has 14 amide bonds. The summed E-state index contributed by atoms with van der Waals surface area (Å²) in [5.41, 5.74) is 22.8. The Morgan fingerprint density at radius 1 is 0.384 bits per heavy atom. The van der Waals surface area contributed by atoms with Gasteiger partial charge in [0.15, 0.2) is 0 Å². The molecule has 6 aromatic carbocycles. The summed E-state index contributed by atoms with van der Waals surface area (Å²) in [4.78, 5) is 166. The van der Waals surface area contributed by atoms with Crippen LogP contribution in [0.3, 0.4) is 0 Å². The van der Waals surface area contributed by atoms with E-state index in [-0.39, 0.29) is 62.4 Å². The van der Waals surface area contributed by atoms with Crippen molar-refractivity contribution in [2.24, 2.45) is 28.1 Å². The number of primary amides is 4. The molecule has 606 valence electrons. The van der Waals surface area contributed by atoms with Crippen LogP contribution in [0.4, 0.5) is 24.0 Å². The van der Waals surface area contributed by atoms with Gasteiger partial charge in [-0.1, -0.05) is 109 Å². The summed E-state index contributed by atoms with van der Waals surface area (Å²) in [6, 6.07) is 37.3. The van der Waals surface area contributed by atoms with Crippen molar-refractivity contribution in [2.75, 3.05) is 50.5 Å². The van der Waals surface area contributed by atoms with E-state index >= 15 is 0 Å². The number of benzene rings is 6. The van der Waals surface area contributed by atoms with E-state index in [1.54, 1.807) is 133 Å². The molecular weight excluding hydrogens is 1650 g/mol. The summed E-state index contributed by atoms with van der Waals surface area (Å²) in [6.07, 6.45) is 3.27. The Morgan fingerprint density at radius 2 is 0.661 bits per heavy atom. The molecule has 6 aromatic rings. The van der Waals surface area contributed by atoms with Crippen molar-refractivity contribution < 1.29 is 75.5 Å². The van der Waals surface area contributed by atoms with Crippen LogP contribution < -0.4 is 81.2 Å². The van der Waals surface area contributed by atoms with Crippen molar-refractivity contribution in [2.45, 2.75) is 128 Å². The smallest absolute Gasteiger partial charge is 0.283 e. The second kappa shape index (κ2) is 54.9. The molecule has 0 saturated heterocycles. The number of alkyl halides is 2. The minimum absolute atomic E-state index is 0.00417. The summed E-state index contributed by atoms with van der Waals surface area (Å²) in [5, 5.41) is 31.0. The Morgan fingerprint density at radius 3 is 0.929 bits per heavy atom. The molecule has 0 aromatic heterocycles. The number of amides is 14. The number of primary sulfonamides is 1. The highest BCUT2D eigenvalue weighted by Gasteiger charge is 2.23. The van der Waals surface area contributed by atoms with Crippen molar-refractivity contribution in [3.63, 3.8) is 0 Å². The predicted octanol–water partition coefficient (Wildman–Crippen LogP) is 8.69. The van der Waals surface area contributed by atoms with Crippen LogP contribution in [0.5, 0.6) is 0 Å². The first-order chi connectivity index (χ1) is 53.2. The molecule has 0 spiro atoms. The number of carbonyl (C=O) groups is 14. The lowest BCUT2D eigenvalue weighted by Gasteiger charge is -2.12. The van der Waals surface area contributed by atoms with Gasteiger partial charge >= 0.3 is 0 Å². The van der Waals surface area contributed by atoms with Gasteiger partial charge in [-0.15, -0.1) is 11.6 Å². The quantitative estimate of drug-likeness (QED) is 0.0104. The van der Waals surface area contributed by atoms with E-state index in [4.69, 9.17) is 39.7 Å². The molecule has 0 aliphatic heterocycles. The second-order valence-corrected chi connectivity index (χ2v) is 30.7. The van der Waals surface area contributed by atoms with Crippen molar-refractivity contribution in [3.05, 3.63) is 179 Å². The fourth-order valence-electron chi connectivity index (χ4n) is 7.99. The lowest BCUT2D eigenvalue weighted by molar-refractivity contribution is -0.120. The Bertz CT molecular complexity index is 4060. The normalized spacial score (nSPS) is 11.1. The fourth-order valence-corrected chi connectivity index (χ4v) is 12.8. The molecule has 20 N–H and O–H groups in total. The van der Waals surface area contributed by atoms with Crippen LogP contribution in [0.2, 0.25) is 0 Å². The third-order valence-electron chi connectivity index (χ3n) is 13.9. The Kier molecular flexibility index (Phi) is 48.2. The first-order valence-electron chi connectivity index (χ1n) is 34.3. The third kappa shape index (κ3) is 40.0. The van der Waals surface area contributed by atoms with Crippen LogP contribution in [0.15, 0.2) is 175 Å². The first-order valence-corrected chi connectivity index (χ1v) is 41.6. The van der Waals surface area contributed by atoms with Gasteiger partial charge in [-0.25, -0.2) is 13.6 Å². The fraction of sp³-hybridized carbons (Fsp3) is 0.315. The summed E-state index contributed by atoms with van der Waals surface area (Å²) in [6.45, 7) is 13.5. The van der Waals surface area contributed by atoms with Gasteiger partial charge in [-0.2, -0.15) is 0 Å². The molecular formula is C73H93BrClN15O16S6. The number of nitrogens with one attached hydrogen (secondary N) is 10. The maximum atomic E-state index is 12.5. The molecule has 0 fully saturated rings. The number of hydrogen-bond donors (Lipinski definition) is 15. The number of carbonyl (C=O) groups excluding carboxylic acids is 14. The minimum atomic E-state index is -3.75.